The van der Waals surface area contributed by atoms with Gasteiger partial charge in [-0.3, -0.25) is 38.4 Å². The van der Waals surface area contributed by atoms with Crippen molar-refractivity contribution in [1.29, 1.82) is 0 Å². The number of carbonyl (C=O) groups excluding carboxylic acids is 8. The third kappa shape index (κ3) is 12.9. The minimum Gasteiger partial charge on any atom is -0.508 e. The molecule has 0 fully saturated rings. The molecule has 29 heteroatoms. The lowest BCUT2D eigenvalue weighted by Crippen LogP contribution is -2.54. The maximum absolute atomic E-state index is 15.8. The molecule has 0 aromatic heterocycles. The van der Waals surface area contributed by atoms with Gasteiger partial charge in [0, 0.05) is 30.3 Å². The third-order valence-corrected chi connectivity index (χ3v) is 16.9. The highest BCUT2D eigenvalue weighted by Gasteiger charge is 2.42. The van der Waals surface area contributed by atoms with Crippen molar-refractivity contribution >= 4 is 128 Å². The highest BCUT2D eigenvalue weighted by molar-refractivity contribution is 6.45. The number of ether oxygens (including phenoxy) is 1. The smallest absolute Gasteiger partial charge is 0.330 e. The van der Waals surface area contributed by atoms with Gasteiger partial charge in [0.05, 0.1) is 36.1 Å². The van der Waals surface area contributed by atoms with E-state index in [0.29, 0.717) is 5.56 Å². The predicted molar refractivity (Wildman–Crippen MR) is 326 cm³/mol. The number of aliphatic carboxylic acids is 1. The molecule has 23 nitrogen and oxygen atoms in total. The number of halogens is 6. The number of nitrogens with zero attached hydrogens (tertiary/aromatic N) is 1. The number of amides is 7. The number of aromatic hydroxyl groups is 5. The molecule has 9 bridgehead atoms. The Morgan fingerprint density at radius 1 is 0.600 bits per heavy atom. The van der Waals surface area contributed by atoms with E-state index in [9.17, 15) is 54.6 Å². The fourth-order valence-corrected chi connectivity index (χ4v) is 11.9. The Hall–Kier alpha value is -9.49. The molecule has 462 valence electrons. The summed E-state index contributed by atoms with van der Waals surface area (Å²) in [5, 5.41) is 76.8. The molecule has 0 aliphatic carbocycles. The number of carbonyl (C=O) groups is 9. The molecule has 7 amide bonds. The quantitative estimate of drug-likeness (QED) is 0.0475. The van der Waals surface area contributed by atoms with Crippen molar-refractivity contribution < 1.29 is 78.5 Å². The van der Waals surface area contributed by atoms with Gasteiger partial charge in [-0.25, -0.2) is 4.79 Å². The molecule has 0 saturated heterocycles. The Kier molecular flexibility index (Phi) is 18.0. The maximum Gasteiger partial charge on any atom is 0.330 e. The van der Waals surface area contributed by atoms with Gasteiger partial charge in [0.1, 0.15) is 41.7 Å². The minimum absolute atomic E-state index is 0.0269. The van der Waals surface area contributed by atoms with Crippen LogP contribution in [0.4, 0.5) is 5.69 Å². The number of fused-ring (bicyclic) bond motifs is 15. The fraction of sp³-hybridized carbons (Fsp3) is 0.164. The van der Waals surface area contributed by atoms with Crippen molar-refractivity contribution in [2.75, 3.05) is 12.4 Å². The molecule has 7 aromatic rings. The summed E-state index contributed by atoms with van der Waals surface area (Å²) >= 11 is 38.0. The number of rotatable bonds is 9. The lowest BCUT2D eigenvalue weighted by atomic mass is 9.90. The van der Waals surface area contributed by atoms with Crippen molar-refractivity contribution in [2.45, 2.75) is 55.0 Å². The number of hydrogen-bond acceptors (Lipinski definition) is 15. The molecule has 90 heavy (non-hydrogen) atoms. The number of anilines is 1. The highest BCUT2D eigenvalue weighted by Crippen LogP contribution is 2.46. The Labute approximate surface area is 538 Å². The van der Waals surface area contributed by atoms with E-state index < -0.39 is 160 Å². The topological polar surface area (TPSA) is 360 Å². The number of hydrogen-bond donors (Lipinski definition) is 12. The van der Waals surface area contributed by atoms with Crippen LogP contribution in [0.1, 0.15) is 80.2 Å². The van der Waals surface area contributed by atoms with Gasteiger partial charge in [-0.05, 0) is 124 Å². The maximum atomic E-state index is 15.8. The zero-order valence-electron chi connectivity index (χ0n) is 45.9. The minimum atomic E-state index is -2.12. The van der Waals surface area contributed by atoms with Gasteiger partial charge in [0.25, 0.3) is 5.91 Å². The molecule has 12 rings (SSSR count). The van der Waals surface area contributed by atoms with E-state index in [2.05, 4.69) is 31.9 Å². The summed E-state index contributed by atoms with van der Waals surface area (Å²) in [6.45, 7) is 0. The van der Waals surface area contributed by atoms with Gasteiger partial charge in [-0.15, -0.1) is 0 Å². The second-order valence-electron chi connectivity index (χ2n) is 20.9. The van der Waals surface area contributed by atoms with E-state index in [4.69, 9.17) is 74.3 Å². The van der Waals surface area contributed by atoms with Crippen LogP contribution >= 0.6 is 69.6 Å². The second kappa shape index (κ2) is 25.5. The highest BCUT2D eigenvalue weighted by atomic mass is 35.5. The van der Waals surface area contributed by atoms with Crippen LogP contribution in [0, 0.1) is 0 Å². The normalized spacial score (nSPS) is 19.5. The number of carboxylic acid groups (broad SMARTS) is 1. The van der Waals surface area contributed by atoms with Crippen molar-refractivity contribution in [3.63, 3.8) is 0 Å². The molecule has 7 atom stereocenters. The van der Waals surface area contributed by atoms with E-state index in [-0.39, 0.29) is 68.3 Å². The summed E-state index contributed by atoms with van der Waals surface area (Å²) in [6, 6.07) is 12.1. The van der Waals surface area contributed by atoms with Crippen LogP contribution in [0.5, 0.6) is 40.2 Å². The zero-order valence-corrected chi connectivity index (χ0v) is 50.4. The first-order valence-corrected chi connectivity index (χ1v) is 28.9. The number of phenolic OH excluding ortho intramolecular Hbond substituents is 5. The number of benzene rings is 7. The fourth-order valence-electron chi connectivity index (χ4n) is 10.4. The van der Waals surface area contributed by atoms with Crippen LogP contribution in [0.3, 0.4) is 0 Å². The lowest BCUT2D eigenvalue weighted by molar-refractivity contribution is -0.145. The Bertz CT molecular complexity index is 4140. The largest absolute Gasteiger partial charge is 0.508 e. The summed E-state index contributed by atoms with van der Waals surface area (Å²) in [5.74, 6) is -15.3. The Morgan fingerprint density at radius 3 is 1.69 bits per heavy atom. The average Bonchev–Trinajstić information content (AvgIpc) is 1.43. The zero-order chi connectivity index (χ0) is 64.9. The molecule has 0 saturated carbocycles. The summed E-state index contributed by atoms with van der Waals surface area (Å²) in [7, 11) is 1.17. The molecular weight excluding hydrogens is 1300 g/mol. The third-order valence-electron chi connectivity index (χ3n) is 15.2. The van der Waals surface area contributed by atoms with Crippen molar-refractivity contribution in [3.05, 3.63) is 184 Å². The number of ketones is 1. The SMILES string of the molecule is CN1C(=O)[C@@H](c2cc(Cl)c(O)c(Cl)c2)NC(=O)[C@@H]2NC(=O)[C@@H](c3cc(Cl)c(O)c(Cl)c3)NC(=O)[C@H](NC(=O)C(=O)c3cc(Cl)c(O)c(Cl)c3)CC3C(=O)Nc4cc(ccc43)-c3cc2cc(c3O)Oc2ccc(cc2)C[C@H]1C(=O)N[C@@H](C(=O)O)c1ccc(O)cc1. The van der Waals surface area contributed by atoms with Crippen molar-refractivity contribution in [2.24, 2.45) is 0 Å². The Morgan fingerprint density at radius 2 is 1.12 bits per heavy atom. The van der Waals surface area contributed by atoms with E-state index in [1.54, 1.807) is 0 Å². The summed E-state index contributed by atoms with van der Waals surface area (Å²) in [6.07, 6.45) is -0.973. The molecule has 7 aromatic carbocycles. The molecule has 0 spiro atoms. The van der Waals surface area contributed by atoms with Crippen LogP contribution in [-0.2, 0) is 44.8 Å². The van der Waals surface area contributed by atoms with Crippen LogP contribution in [0.2, 0.25) is 30.1 Å². The number of carboxylic acids is 1. The van der Waals surface area contributed by atoms with Gasteiger partial charge >= 0.3 is 5.97 Å². The average molecular weight is 1340 g/mol. The van der Waals surface area contributed by atoms with Gasteiger partial charge in [0.2, 0.25) is 41.2 Å². The van der Waals surface area contributed by atoms with E-state index in [1.807, 2.05) is 0 Å². The number of nitrogens with one attached hydrogen (secondary N) is 6. The molecular formula is C61H45Cl6N7O16. The number of phenols is 5. The summed E-state index contributed by atoms with van der Waals surface area (Å²) in [5.41, 5.74) is -0.375. The number of Topliss-reactive ketones (excluding diaryl/α,β-unsaturated/α-hetero) is 1. The molecule has 12 N–H and O–H groups in total. The van der Waals surface area contributed by atoms with Crippen LogP contribution < -0.4 is 36.6 Å². The van der Waals surface area contributed by atoms with Crippen molar-refractivity contribution in [1.82, 2.24) is 31.5 Å². The lowest BCUT2D eigenvalue weighted by Gasteiger charge is -2.33. The number of likely N-dealkylation sites (N-methyl/N-ethyl adjacent to an activating group) is 1. The van der Waals surface area contributed by atoms with Crippen molar-refractivity contribution in [3.8, 4) is 51.4 Å². The van der Waals surface area contributed by atoms with Crippen LogP contribution in [-0.4, -0.2) is 108 Å². The van der Waals surface area contributed by atoms with E-state index in [1.165, 1.54) is 85.9 Å². The monoisotopic (exact) mass is 1340 g/mol. The van der Waals surface area contributed by atoms with Gasteiger partial charge in [-0.1, -0.05) is 106 Å². The molecule has 5 heterocycles. The molecule has 0 radical (unpaired) electrons. The van der Waals surface area contributed by atoms with Crippen LogP contribution in [0.25, 0.3) is 11.1 Å². The first kappa shape index (κ1) is 63.5. The van der Waals surface area contributed by atoms with E-state index >= 15 is 19.2 Å². The van der Waals surface area contributed by atoms with Gasteiger partial charge in [-0.2, -0.15) is 0 Å². The van der Waals surface area contributed by atoms with Gasteiger partial charge < -0.3 is 72.2 Å². The molecule has 1 unspecified atom stereocenters. The molecule has 5 aliphatic rings. The van der Waals surface area contributed by atoms with Crippen LogP contribution in [0.15, 0.2) is 115 Å². The summed E-state index contributed by atoms with van der Waals surface area (Å²) < 4.78 is 6.34. The Balaban J connectivity index is 1.15. The summed E-state index contributed by atoms with van der Waals surface area (Å²) in [4.78, 5) is 132. The van der Waals surface area contributed by atoms with E-state index in [0.717, 1.165) is 41.3 Å². The standard InChI is InChI=1S/C61H45Cl6N7O16/c1-74-43(56(83)73-48(61(88)89)24-4-7-30(75)8-5-24)12-23-2-9-31(10-3-23)90-44-21-26-13-33(50(44)77)25-6-11-32-34(54(81)68-41(32)20-25)22-42(69-59(86)49(76)29-18-39(66)53(80)40(67)19-29)55(82)70-46(27-14-35(62)51(78)36(63)15-27)57(84)71-45(26)58(85)72-47(60(74)87)28-16-37(64)52(79)38(65)17-28/h2-11,13-21,34,42-43,45-48,75,77-80H,12,22H2,1H3,(H,68,81)(H,69,86)(H,70,82)(H,71,84)(H,72,85)(H,73,83)(H,88,89)/t34?,42-,43+,45-,46-,47-,48-/m1/s1. The van der Waals surface area contributed by atoms with Gasteiger partial charge in [0.15, 0.2) is 34.8 Å². The first-order chi connectivity index (χ1) is 42.6. The first-order valence-electron chi connectivity index (χ1n) is 26.6. The molecule has 5 aliphatic heterocycles. The second-order valence-corrected chi connectivity index (χ2v) is 23.4. The predicted octanol–water partition coefficient (Wildman–Crippen LogP) is 8.60.